The molecule has 8 nitrogen and oxygen atoms in total. The molecule has 1 aliphatic rings. The largest absolute Gasteiger partial charge is 0.461 e. The first-order valence-corrected chi connectivity index (χ1v) is 8.10. The van der Waals surface area contributed by atoms with Gasteiger partial charge in [-0.25, -0.2) is 0 Å². The second-order valence-electron chi connectivity index (χ2n) is 7.08. The smallest absolute Gasteiger partial charge is 0.303 e. The van der Waals surface area contributed by atoms with E-state index in [9.17, 15) is 10.1 Å². The lowest BCUT2D eigenvalue weighted by molar-refractivity contribution is -0.142. The van der Waals surface area contributed by atoms with E-state index in [1.54, 1.807) is 12.1 Å². The summed E-state index contributed by atoms with van der Waals surface area (Å²) in [5.41, 5.74) is 7.46. The van der Waals surface area contributed by atoms with Crippen LogP contribution in [-0.4, -0.2) is 16.2 Å². The van der Waals surface area contributed by atoms with Gasteiger partial charge in [0.05, 0.1) is 11.5 Å². The zero-order valence-corrected chi connectivity index (χ0v) is 15.0. The molecule has 1 atom stereocenters. The number of rotatable bonds is 3. The number of carbonyl (C=O) groups is 1. The number of carbonyl (C=O) groups excluding carboxylic acids is 1. The first kappa shape index (κ1) is 17.6. The minimum absolute atomic E-state index is 0.00473. The van der Waals surface area contributed by atoms with E-state index in [4.69, 9.17) is 19.6 Å². The summed E-state index contributed by atoms with van der Waals surface area (Å²) in [6.07, 6.45) is 0. The van der Waals surface area contributed by atoms with Gasteiger partial charge in [0.25, 0.3) is 0 Å². The zero-order chi connectivity index (χ0) is 19.1. The second-order valence-corrected chi connectivity index (χ2v) is 7.08. The molecule has 3 heterocycles. The Morgan fingerprint density at radius 3 is 2.81 bits per heavy atom. The van der Waals surface area contributed by atoms with Crippen LogP contribution in [0.3, 0.4) is 0 Å². The maximum Gasteiger partial charge on any atom is 0.303 e. The van der Waals surface area contributed by atoms with Crippen LogP contribution in [0.1, 0.15) is 56.4 Å². The fraction of sp³-hybridized carbons (Fsp3) is 0.389. The molecule has 0 aliphatic carbocycles. The number of fused-ring (bicyclic) bond motifs is 1. The van der Waals surface area contributed by atoms with Gasteiger partial charge in [0.1, 0.15) is 29.8 Å². The normalized spacial score (nSPS) is 16.7. The summed E-state index contributed by atoms with van der Waals surface area (Å²) in [7, 11) is 0. The maximum atomic E-state index is 11.0. The number of hydrogen-bond acceptors (Lipinski definition) is 7. The Morgan fingerprint density at radius 1 is 1.46 bits per heavy atom. The number of nitrogens with one attached hydrogen (secondary N) is 1. The van der Waals surface area contributed by atoms with Crippen molar-refractivity contribution in [1.29, 1.82) is 5.26 Å². The predicted octanol–water partition coefficient (Wildman–Crippen LogP) is 2.58. The predicted molar refractivity (Wildman–Crippen MR) is 90.8 cm³/mol. The third-order valence-electron chi connectivity index (χ3n) is 4.07. The fourth-order valence-corrected chi connectivity index (χ4v) is 2.90. The molecule has 3 N–H and O–H groups in total. The van der Waals surface area contributed by atoms with Crippen LogP contribution in [-0.2, 0) is 21.6 Å². The summed E-state index contributed by atoms with van der Waals surface area (Å²) in [6.45, 7) is 7.43. The zero-order valence-electron chi connectivity index (χ0n) is 15.0. The standard InChI is InChI=1S/C18H20N4O4/c1-9(23)24-8-10-5-6-12(25-10)13-11(7-19)16(20)26-17-14(13)15(21-22-17)18(2,3)4/h5-6,13H,8,20H2,1-4H3,(H,21,22). The molecule has 0 fully saturated rings. The monoisotopic (exact) mass is 356 g/mol. The lowest BCUT2D eigenvalue weighted by Gasteiger charge is -2.26. The van der Waals surface area contributed by atoms with Crippen LogP contribution >= 0.6 is 0 Å². The van der Waals surface area contributed by atoms with E-state index in [0.29, 0.717) is 17.4 Å². The first-order chi connectivity index (χ1) is 12.2. The fourth-order valence-electron chi connectivity index (χ4n) is 2.90. The van der Waals surface area contributed by atoms with E-state index in [1.807, 2.05) is 20.8 Å². The average molecular weight is 356 g/mol. The highest BCUT2D eigenvalue weighted by atomic mass is 16.5. The molecule has 26 heavy (non-hydrogen) atoms. The molecule has 2 aromatic rings. The van der Waals surface area contributed by atoms with Crippen LogP contribution in [0.5, 0.6) is 5.88 Å². The van der Waals surface area contributed by atoms with Crippen LogP contribution in [0, 0.1) is 11.3 Å². The van der Waals surface area contributed by atoms with Gasteiger partial charge in [-0.1, -0.05) is 20.8 Å². The Bertz CT molecular complexity index is 924. The van der Waals surface area contributed by atoms with Crippen molar-refractivity contribution in [2.45, 2.75) is 45.6 Å². The van der Waals surface area contributed by atoms with Gasteiger partial charge in [0.2, 0.25) is 11.8 Å². The Labute approximate surface area is 150 Å². The number of ether oxygens (including phenoxy) is 2. The highest BCUT2D eigenvalue weighted by molar-refractivity contribution is 5.65. The molecule has 0 saturated carbocycles. The summed E-state index contributed by atoms with van der Waals surface area (Å²) in [4.78, 5) is 11.0. The van der Waals surface area contributed by atoms with Crippen LogP contribution in [0.2, 0.25) is 0 Å². The number of furan rings is 1. The van der Waals surface area contributed by atoms with Gasteiger partial charge in [0, 0.05) is 18.0 Å². The third kappa shape index (κ3) is 3.04. The molecular weight excluding hydrogens is 336 g/mol. The first-order valence-electron chi connectivity index (χ1n) is 8.10. The van der Waals surface area contributed by atoms with E-state index in [1.165, 1.54) is 6.92 Å². The molecule has 2 aromatic heterocycles. The van der Waals surface area contributed by atoms with Crippen molar-refractivity contribution >= 4 is 5.97 Å². The Balaban J connectivity index is 2.09. The summed E-state index contributed by atoms with van der Waals surface area (Å²) in [6, 6.07) is 5.56. The summed E-state index contributed by atoms with van der Waals surface area (Å²) in [5.74, 6) is 0.345. The number of allylic oxidation sites excluding steroid dienone is 1. The topological polar surface area (TPSA) is 127 Å². The summed E-state index contributed by atoms with van der Waals surface area (Å²) >= 11 is 0. The van der Waals surface area contributed by atoms with Crippen molar-refractivity contribution in [3.8, 4) is 11.9 Å². The molecule has 0 bridgehead atoms. The molecule has 8 heteroatoms. The van der Waals surface area contributed by atoms with Crippen molar-refractivity contribution in [3.63, 3.8) is 0 Å². The number of H-pyrrole nitrogens is 1. The van der Waals surface area contributed by atoms with Gasteiger partial charge in [-0.15, -0.1) is 5.10 Å². The van der Waals surface area contributed by atoms with E-state index >= 15 is 0 Å². The highest BCUT2D eigenvalue weighted by Gasteiger charge is 2.39. The van der Waals surface area contributed by atoms with E-state index in [-0.39, 0.29) is 23.5 Å². The van der Waals surface area contributed by atoms with Gasteiger partial charge in [-0.2, -0.15) is 5.26 Å². The molecule has 136 valence electrons. The van der Waals surface area contributed by atoms with Crippen LogP contribution in [0.15, 0.2) is 28.0 Å². The molecule has 1 aliphatic heterocycles. The molecule has 0 aromatic carbocycles. The third-order valence-corrected chi connectivity index (χ3v) is 4.07. The Kier molecular flexibility index (Phi) is 4.24. The maximum absolute atomic E-state index is 11.0. The number of aromatic amines is 1. The SMILES string of the molecule is CC(=O)OCc1ccc(C2C(C#N)=C(N)Oc3n[nH]c(C(C)(C)C)c32)o1. The molecule has 0 spiro atoms. The van der Waals surface area contributed by atoms with Crippen molar-refractivity contribution in [1.82, 2.24) is 10.2 Å². The van der Waals surface area contributed by atoms with Crippen molar-refractivity contribution in [2.75, 3.05) is 0 Å². The van der Waals surface area contributed by atoms with Crippen LogP contribution in [0.25, 0.3) is 0 Å². The number of nitrogens with zero attached hydrogens (tertiary/aromatic N) is 2. The van der Waals surface area contributed by atoms with Gasteiger partial charge >= 0.3 is 5.97 Å². The summed E-state index contributed by atoms with van der Waals surface area (Å²) in [5, 5.41) is 16.8. The number of esters is 1. The molecular formula is C18H20N4O4. The second kappa shape index (κ2) is 6.26. The molecule has 3 rings (SSSR count). The summed E-state index contributed by atoms with van der Waals surface area (Å²) < 4.78 is 16.3. The lowest BCUT2D eigenvalue weighted by atomic mass is 9.81. The minimum Gasteiger partial charge on any atom is -0.461 e. The van der Waals surface area contributed by atoms with Crippen molar-refractivity contribution in [3.05, 3.63) is 46.4 Å². The average Bonchev–Trinajstić information content (AvgIpc) is 3.17. The Morgan fingerprint density at radius 2 is 2.19 bits per heavy atom. The van der Waals surface area contributed by atoms with E-state index < -0.39 is 11.9 Å². The number of aromatic nitrogens is 2. The van der Waals surface area contributed by atoms with Crippen molar-refractivity contribution in [2.24, 2.45) is 5.73 Å². The quantitative estimate of drug-likeness (QED) is 0.809. The van der Waals surface area contributed by atoms with Gasteiger partial charge in [0.15, 0.2) is 0 Å². The number of nitrogens with two attached hydrogens (primary N) is 1. The highest BCUT2D eigenvalue weighted by Crippen LogP contribution is 2.45. The van der Waals surface area contributed by atoms with Crippen LogP contribution in [0.4, 0.5) is 0 Å². The van der Waals surface area contributed by atoms with Crippen molar-refractivity contribution < 1.29 is 18.7 Å². The number of nitriles is 1. The minimum atomic E-state index is -0.553. The molecule has 1 unspecified atom stereocenters. The van der Waals surface area contributed by atoms with Gasteiger partial charge < -0.3 is 19.6 Å². The van der Waals surface area contributed by atoms with E-state index in [0.717, 1.165) is 11.3 Å². The van der Waals surface area contributed by atoms with E-state index in [2.05, 4.69) is 16.3 Å². The molecule has 0 amide bonds. The Hall–Kier alpha value is -3.21. The van der Waals surface area contributed by atoms with Crippen LogP contribution < -0.4 is 10.5 Å². The molecule has 0 radical (unpaired) electrons. The van der Waals surface area contributed by atoms with Gasteiger partial charge in [-0.3, -0.25) is 9.89 Å². The molecule has 0 saturated heterocycles. The van der Waals surface area contributed by atoms with Gasteiger partial charge in [-0.05, 0) is 12.1 Å². The lowest BCUT2D eigenvalue weighted by Crippen LogP contribution is -2.23. The number of hydrogen-bond donors (Lipinski definition) is 2.